The van der Waals surface area contributed by atoms with Gasteiger partial charge in [0.1, 0.15) is 5.82 Å². The average Bonchev–Trinajstić information content (AvgIpc) is 3.00. The number of anilines is 2. The van der Waals surface area contributed by atoms with Crippen molar-refractivity contribution in [2.45, 2.75) is 37.6 Å². The van der Waals surface area contributed by atoms with E-state index in [1.165, 1.54) is 11.1 Å². The molecule has 0 radical (unpaired) electrons. The highest BCUT2D eigenvalue weighted by Crippen LogP contribution is 2.33. The van der Waals surface area contributed by atoms with Crippen LogP contribution in [0.2, 0.25) is 0 Å². The maximum Gasteiger partial charge on any atom is 0.222 e. The molecule has 1 aliphatic carbocycles. The number of nitrogen functional groups attached to an aromatic ring is 1. The van der Waals surface area contributed by atoms with E-state index in [-0.39, 0.29) is 6.04 Å². The van der Waals surface area contributed by atoms with E-state index in [1.807, 2.05) is 0 Å². The summed E-state index contributed by atoms with van der Waals surface area (Å²) >= 11 is 0. The van der Waals surface area contributed by atoms with Crippen LogP contribution in [0.25, 0.3) is 0 Å². The summed E-state index contributed by atoms with van der Waals surface area (Å²) in [5.74, 6) is 1.72. The van der Waals surface area contributed by atoms with Crippen molar-refractivity contribution < 1.29 is 0 Å². The van der Waals surface area contributed by atoms with Gasteiger partial charge >= 0.3 is 0 Å². The monoisotopic (exact) mass is 309 g/mol. The van der Waals surface area contributed by atoms with Gasteiger partial charge < -0.3 is 16.4 Å². The van der Waals surface area contributed by atoms with Gasteiger partial charge in [0.2, 0.25) is 5.95 Å². The lowest BCUT2D eigenvalue weighted by atomic mass is 9.82. The molecule has 0 spiro atoms. The first-order chi connectivity index (χ1) is 11.2. The molecule has 5 nitrogen and oxygen atoms in total. The second-order valence-electron chi connectivity index (χ2n) is 6.71. The molecule has 2 atom stereocenters. The summed E-state index contributed by atoms with van der Waals surface area (Å²) in [6.07, 6.45) is 4.27. The van der Waals surface area contributed by atoms with E-state index in [4.69, 9.17) is 11.5 Å². The molecule has 0 bridgehead atoms. The molecule has 4 N–H and O–H groups in total. The van der Waals surface area contributed by atoms with Crippen molar-refractivity contribution in [3.8, 4) is 0 Å². The van der Waals surface area contributed by atoms with Crippen LogP contribution in [0.5, 0.6) is 0 Å². The van der Waals surface area contributed by atoms with Gasteiger partial charge in [-0.25, -0.2) is 4.98 Å². The van der Waals surface area contributed by atoms with Gasteiger partial charge in [-0.05, 0) is 36.8 Å². The molecule has 0 saturated carbocycles. The van der Waals surface area contributed by atoms with Crippen molar-refractivity contribution in [2.75, 3.05) is 23.7 Å². The summed E-state index contributed by atoms with van der Waals surface area (Å²) in [6.45, 7) is 1.80. The van der Waals surface area contributed by atoms with Crippen LogP contribution in [-0.2, 0) is 12.8 Å². The van der Waals surface area contributed by atoms with Gasteiger partial charge in [-0.2, -0.15) is 4.98 Å². The molecule has 2 unspecified atom stereocenters. The lowest BCUT2D eigenvalue weighted by Crippen LogP contribution is -2.27. The van der Waals surface area contributed by atoms with E-state index in [0.29, 0.717) is 11.9 Å². The minimum absolute atomic E-state index is 0.233. The van der Waals surface area contributed by atoms with Crippen molar-refractivity contribution in [1.29, 1.82) is 0 Å². The van der Waals surface area contributed by atoms with Crippen LogP contribution in [0.4, 0.5) is 11.8 Å². The number of hydrogen-bond donors (Lipinski definition) is 2. The highest BCUT2D eigenvalue weighted by Gasteiger charge is 2.25. The Balaban J connectivity index is 1.61. The molecule has 0 amide bonds. The van der Waals surface area contributed by atoms with Crippen LogP contribution in [0, 0.1) is 0 Å². The number of aromatic nitrogens is 2. The summed E-state index contributed by atoms with van der Waals surface area (Å²) in [6, 6.07) is 11.1. The predicted octanol–water partition coefficient (Wildman–Crippen LogP) is 1.87. The maximum atomic E-state index is 6.02. The number of benzene rings is 1. The molecular formula is C18H23N5. The summed E-state index contributed by atoms with van der Waals surface area (Å²) in [5, 5.41) is 0. The Labute approximate surface area is 136 Å². The van der Waals surface area contributed by atoms with Crippen molar-refractivity contribution in [3.05, 3.63) is 47.2 Å². The largest absolute Gasteiger partial charge is 0.368 e. The van der Waals surface area contributed by atoms with Crippen molar-refractivity contribution in [2.24, 2.45) is 5.73 Å². The topological polar surface area (TPSA) is 81.1 Å². The average molecular weight is 309 g/mol. The summed E-state index contributed by atoms with van der Waals surface area (Å²) in [4.78, 5) is 11.2. The molecule has 2 aliphatic rings. The molecular weight excluding hydrogens is 286 g/mol. The number of fused-ring (bicyclic) bond motifs is 1. The normalized spacial score (nSPS) is 23.8. The van der Waals surface area contributed by atoms with E-state index in [1.54, 1.807) is 0 Å². The second kappa shape index (κ2) is 5.81. The highest BCUT2D eigenvalue weighted by atomic mass is 15.2. The van der Waals surface area contributed by atoms with Gasteiger partial charge in [-0.15, -0.1) is 0 Å². The molecule has 1 saturated heterocycles. The third-order valence-corrected chi connectivity index (χ3v) is 5.06. The second-order valence-corrected chi connectivity index (χ2v) is 6.71. The molecule has 1 fully saturated rings. The summed E-state index contributed by atoms with van der Waals surface area (Å²) < 4.78 is 0. The first-order valence-electron chi connectivity index (χ1n) is 8.41. The lowest BCUT2D eigenvalue weighted by molar-refractivity contribution is 0.570. The summed E-state index contributed by atoms with van der Waals surface area (Å²) in [5.41, 5.74) is 16.0. The Kier molecular flexibility index (Phi) is 3.65. The van der Waals surface area contributed by atoms with Crippen LogP contribution >= 0.6 is 0 Å². The quantitative estimate of drug-likeness (QED) is 0.885. The lowest BCUT2D eigenvalue weighted by Gasteiger charge is -2.25. The molecule has 120 valence electrons. The molecule has 4 rings (SSSR count). The molecule has 1 aromatic heterocycles. The van der Waals surface area contributed by atoms with E-state index >= 15 is 0 Å². The summed E-state index contributed by atoms with van der Waals surface area (Å²) in [7, 11) is 0. The number of hydrogen-bond acceptors (Lipinski definition) is 5. The molecule has 2 heterocycles. The van der Waals surface area contributed by atoms with E-state index in [9.17, 15) is 0 Å². The van der Waals surface area contributed by atoms with Crippen molar-refractivity contribution >= 4 is 11.8 Å². The smallest absolute Gasteiger partial charge is 0.222 e. The minimum Gasteiger partial charge on any atom is -0.368 e. The Morgan fingerprint density at radius 2 is 1.91 bits per heavy atom. The number of aryl methyl sites for hydroxylation is 1. The number of nitrogens with zero attached hydrogens (tertiary/aromatic N) is 3. The van der Waals surface area contributed by atoms with Crippen molar-refractivity contribution in [3.63, 3.8) is 0 Å². The third kappa shape index (κ3) is 2.88. The van der Waals surface area contributed by atoms with Crippen LogP contribution in [-0.4, -0.2) is 29.1 Å². The molecule has 1 aliphatic heterocycles. The van der Waals surface area contributed by atoms with Crippen LogP contribution in [0.1, 0.15) is 35.6 Å². The van der Waals surface area contributed by atoms with Gasteiger partial charge in [-0.1, -0.05) is 24.3 Å². The van der Waals surface area contributed by atoms with Gasteiger partial charge in [0, 0.05) is 31.1 Å². The van der Waals surface area contributed by atoms with Gasteiger partial charge in [0.25, 0.3) is 0 Å². The first kappa shape index (κ1) is 14.5. The van der Waals surface area contributed by atoms with Crippen LogP contribution in [0.15, 0.2) is 30.3 Å². The Morgan fingerprint density at radius 3 is 2.70 bits per heavy atom. The van der Waals surface area contributed by atoms with E-state index in [2.05, 4.69) is 45.2 Å². The predicted molar refractivity (Wildman–Crippen MR) is 92.5 cm³/mol. The fourth-order valence-corrected chi connectivity index (χ4v) is 3.79. The van der Waals surface area contributed by atoms with Crippen LogP contribution in [0.3, 0.4) is 0 Å². The maximum absolute atomic E-state index is 6.02. The Bertz CT molecular complexity index is 714. The third-order valence-electron chi connectivity index (χ3n) is 5.06. The molecule has 2 aromatic rings. The molecule has 1 aromatic carbocycles. The number of nitrogens with two attached hydrogens (primary N) is 2. The molecule has 23 heavy (non-hydrogen) atoms. The SMILES string of the molecule is Nc1nc(C2CCc3ccccc3C2)cc(N2CCC(N)C2)n1. The highest BCUT2D eigenvalue weighted by molar-refractivity contribution is 5.46. The molecule has 5 heteroatoms. The zero-order valence-corrected chi connectivity index (χ0v) is 13.3. The standard InChI is InChI=1S/C18H23N5/c19-15-7-8-23(11-15)17-10-16(21-18(20)22-17)14-6-5-12-3-1-2-4-13(12)9-14/h1-4,10,14-15H,5-9,11,19H2,(H2,20,21,22). The zero-order valence-electron chi connectivity index (χ0n) is 13.3. The Morgan fingerprint density at radius 1 is 1.09 bits per heavy atom. The first-order valence-corrected chi connectivity index (χ1v) is 8.41. The van der Waals surface area contributed by atoms with E-state index < -0.39 is 0 Å². The van der Waals surface area contributed by atoms with Gasteiger partial charge in [0.05, 0.1) is 5.69 Å². The van der Waals surface area contributed by atoms with Gasteiger partial charge in [-0.3, -0.25) is 0 Å². The Hall–Kier alpha value is -2.14. The fraction of sp³-hybridized carbons (Fsp3) is 0.444. The van der Waals surface area contributed by atoms with E-state index in [0.717, 1.165) is 50.3 Å². The minimum atomic E-state index is 0.233. The van der Waals surface area contributed by atoms with Crippen LogP contribution < -0.4 is 16.4 Å². The fourth-order valence-electron chi connectivity index (χ4n) is 3.79. The van der Waals surface area contributed by atoms with Crippen molar-refractivity contribution in [1.82, 2.24) is 9.97 Å². The van der Waals surface area contributed by atoms with Gasteiger partial charge in [0.15, 0.2) is 0 Å². The number of rotatable bonds is 2. The zero-order chi connectivity index (χ0) is 15.8.